The van der Waals surface area contributed by atoms with E-state index in [1.807, 2.05) is 6.07 Å². The summed E-state index contributed by atoms with van der Waals surface area (Å²) in [6, 6.07) is 2.29. The van der Waals surface area contributed by atoms with Crippen LogP contribution in [0.5, 0.6) is 0 Å². The minimum absolute atomic E-state index is 0.0601. The Morgan fingerprint density at radius 2 is 2.33 bits per heavy atom. The number of nitrogens with zero attached hydrogens (tertiary/aromatic N) is 2. The molecule has 116 valence electrons. The van der Waals surface area contributed by atoms with E-state index in [0.29, 0.717) is 24.2 Å². The maximum absolute atomic E-state index is 12.1. The van der Waals surface area contributed by atoms with Crippen LogP contribution in [0.25, 0.3) is 0 Å². The number of rotatable bonds is 5. The SMILES string of the molecule is C[C@H]1CCCN([C@H](C)CNC(=O)c2cc(C3CC3)[nH]n2)C1. The highest BCUT2D eigenvalue weighted by Gasteiger charge is 2.27. The van der Waals surface area contributed by atoms with Crippen molar-refractivity contribution in [1.29, 1.82) is 0 Å². The molecule has 0 bridgehead atoms. The number of nitrogens with one attached hydrogen (secondary N) is 2. The zero-order chi connectivity index (χ0) is 14.8. The molecule has 1 amide bonds. The van der Waals surface area contributed by atoms with Crippen molar-refractivity contribution < 1.29 is 4.79 Å². The van der Waals surface area contributed by atoms with Crippen molar-refractivity contribution in [1.82, 2.24) is 20.4 Å². The quantitative estimate of drug-likeness (QED) is 0.873. The Kier molecular flexibility index (Phi) is 4.29. The first-order valence-corrected chi connectivity index (χ1v) is 8.21. The molecule has 2 atom stereocenters. The van der Waals surface area contributed by atoms with E-state index < -0.39 is 0 Å². The number of hydrogen-bond acceptors (Lipinski definition) is 3. The minimum atomic E-state index is -0.0601. The molecule has 2 heterocycles. The van der Waals surface area contributed by atoms with Gasteiger partial charge in [-0.3, -0.25) is 14.8 Å². The summed E-state index contributed by atoms with van der Waals surface area (Å²) in [6.07, 6.45) is 5.03. The lowest BCUT2D eigenvalue weighted by molar-refractivity contribution is 0.0912. The molecule has 1 saturated heterocycles. The predicted molar refractivity (Wildman–Crippen MR) is 82.3 cm³/mol. The summed E-state index contributed by atoms with van der Waals surface area (Å²) >= 11 is 0. The van der Waals surface area contributed by atoms with Gasteiger partial charge in [0.2, 0.25) is 0 Å². The van der Waals surface area contributed by atoms with Crippen molar-refractivity contribution in [3.05, 3.63) is 17.5 Å². The van der Waals surface area contributed by atoms with Gasteiger partial charge in [-0.15, -0.1) is 0 Å². The molecular formula is C16H26N4O. The minimum Gasteiger partial charge on any atom is -0.349 e. The number of hydrogen-bond donors (Lipinski definition) is 2. The van der Waals surface area contributed by atoms with Gasteiger partial charge in [0.25, 0.3) is 5.91 Å². The lowest BCUT2D eigenvalue weighted by Gasteiger charge is -2.35. The van der Waals surface area contributed by atoms with E-state index in [0.717, 1.165) is 24.7 Å². The van der Waals surface area contributed by atoms with E-state index in [1.165, 1.54) is 25.7 Å². The second-order valence-corrected chi connectivity index (χ2v) is 6.78. The van der Waals surface area contributed by atoms with Crippen molar-refractivity contribution >= 4 is 5.91 Å². The number of amides is 1. The highest BCUT2D eigenvalue weighted by Crippen LogP contribution is 2.38. The second kappa shape index (κ2) is 6.18. The van der Waals surface area contributed by atoms with E-state index in [4.69, 9.17) is 0 Å². The van der Waals surface area contributed by atoms with Gasteiger partial charge in [0, 0.05) is 30.7 Å². The zero-order valence-corrected chi connectivity index (χ0v) is 13.1. The third-order valence-electron chi connectivity index (χ3n) is 4.72. The maximum atomic E-state index is 12.1. The fraction of sp³-hybridized carbons (Fsp3) is 0.750. The first kappa shape index (κ1) is 14.6. The summed E-state index contributed by atoms with van der Waals surface area (Å²) in [7, 11) is 0. The van der Waals surface area contributed by atoms with Crippen LogP contribution in [-0.2, 0) is 0 Å². The number of aromatic nitrogens is 2. The summed E-state index contributed by atoms with van der Waals surface area (Å²) < 4.78 is 0. The van der Waals surface area contributed by atoms with Crippen molar-refractivity contribution in [2.24, 2.45) is 5.92 Å². The van der Waals surface area contributed by atoms with Gasteiger partial charge in [-0.05, 0) is 51.1 Å². The number of aromatic amines is 1. The van der Waals surface area contributed by atoms with E-state index in [1.54, 1.807) is 0 Å². The van der Waals surface area contributed by atoms with Crippen LogP contribution in [0.15, 0.2) is 6.07 Å². The van der Waals surface area contributed by atoms with Gasteiger partial charge in [0.05, 0.1) is 0 Å². The molecule has 0 aromatic carbocycles. The monoisotopic (exact) mass is 290 g/mol. The summed E-state index contributed by atoms with van der Waals surface area (Å²) in [5.41, 5.74) is 1.63. The molecule has 1 aliphatic carbocycles. The Morgan fingerprint density at radius 3 is 3.05 bits per heavy atom. The summed E-state index contributed by atoms with van der Waals surface area (Å²) in [4.78, 5) is 14.6. The fourth-order valence-corrected chi connectivity index (χ4v) is 3.14. The average molecular weight is 290 g/mol. The number of carbonyl (C=O) groups is 1. The molecule has 0 unspecified atom stereocenters. The summed E-state index contributed by atoms with van der Waals surface area (Å²) in [6.45, 7) is 7.48. The molecule has 5 heteroatoms. The lowest BCUT2D eigenvalue weighted by atomic mass is 9.99. The van der Waals surface area contributed by atoms with Crippen molar-refractivity contribution in [3.63, 3.8) is 0 Å². The Labute approximate surface area is 126 Å². The van der Waals surface area contributed by atoms with Crippen LogP contribution < -0.4 is 5.32 Å². The number of piperidine rings is 1. The lowest BCUT2D eigenvalue weighted by Crippen LogP contribution is -2.46. The third-order valence-corrected chi connectivity index (χ3v) is 4.72. The van der Waals surface area contributed by atoms with Crippen molar-refractivity contribution in [3.8, 4) is 0 Å². The van der Waals surface area contributed by atoms with E-state index in [2.05, 4.69) is 34.3 Å². The maximum Gasteiger partial charge on any atom is 0.271 e. The molecule has 0 radical (unpaired) electrons. The van der Waals surface area contributed by atoms with E-state index in [9.17, 15) is 4.79 Å². The molecule has 2 N–H and O–H groups in total. The molecule has 1 saturated carbocycles. The molecule has 1 aliphatic heterocycles. The Balaban J connectivity index is 1.47. The number of likely N-dealkylation sites (tertiary alicyclic amines) is 1. The average Bonchev–Trinajstić information content (AvgIpc) is 3.22. The van der Waals surface area contributed by atoms with Crippen LogP contribution in [0.3, 0.4) is 0 Å². The normalized spacial score (nSPS) is 24.8. The van der Waals surface area contributed by atoms with Crippen molar-refractivity contribution in [2.45, 2.75) is 51.5 Å². The van der Waals surface area contributed by atoms with Gasteiger partial charge in [-0.2, -0.15) is 5.10 Å². The Bertz CT molecular complexity index is 494. The molecule has 0 spiro atoms. The van der Waals surface area contributed by atoms with E-state index >= 15 is 0 Å². The standard InChI is InChI=1S/C16H26N4O/c1-11-4-3-7-20(10-11)12(2)9-17-16(21)15-8-14(18-19-15)13-5-6-13/h8,11-13H,3-7,9-10H2,1-2H3,(H,17,21)(H,18,19)/t11-,12+/m0/s1. The number of H-pyrrole nitrogens is 1. The van der Waals surface area contributed by atoms with Crippen LogP contribution in [0, 0.1) is 5.92 Å². The summed E-state index contributed by atoms with van der Waals surface area (Å²) in [5.74, 6) is 1.31. The van der Waals surface area contributed by atoms with Crippen molar-refractivity contribution in [2.75, 3.05) is 19.6 Å². The number of carbonyl (C=O) groups excluding carboxylic acids is 1. The molecule has 1 aromatic rings. The highest BCUT2D eigenvalue weighted by atomic mass is 16.1. The molecule has 2 fully saturated rings. The zero-order valence-electron chi connectivity index (χ0n) is 13.1. The van der Waals surface area contributed by atoms with Crippen LogP contribution in [0.2, 0.25) is 0 Å². The Morgan fingerprint density at radius 1 is 1.52 bits per heavy atom. The third kappa shape index (κ3) is 3.64. The van der Waals surface area contributed by atoms with Gasteiger partial charge in [-0.25, -0.2) is 0 Å². The molecule has 2 aliphatic rings. The topological polar surface area (TPSA) is 61.0 Å². The molecule has 1 aromatic heterocycles. The summed E-state index contributed by atoms with van der Waals surface area (Å²) in [5, 5.41) is 10.1. The van der Waals surface area contributed by atoms with Gasteiger partial charge < -0.3 is 5.32 Å². The molecule has 3 rings (SSSR count). The van der Waals surface area contributed by atoms with Gasteiger partial charge >= 0.3 is 0 Å². The van der Waals surface area contributed by atoms with Crippen LogP contribution >= 0.6 is 0 Å². The first-order chi connectivity index (χ1) is 10.1. The first-order valence-electron chi connectivity index (χ1n) is 8.21. The largest absolute Gasteiger partial charge is 0.349 e. The fourth-order valence-electron chi connectivity index (χ4n) is 3.14. The van der Waals surface area contributed by atoms with Gasteiger partial charge in [0.15, 0.2) is 0 Å². The van der Waals surface area contributed by atoms with Gasteiger partial charge in [0.1, 0.15) is 5.69 Å². The Hall–Kier alpha value is -1.36. The highest BCUT2D eigenvalue weighted by molar-refractivity contribution is 5.92. The molecular weight excluding hydrogens is 264 g/mol. The molecule has 5 nitrogen and oxygen atoms in total. The van der Waals surface area contributed by atoms with Crippen LogP contribution in [0.1, 0.15) is 61.6 Å². The van der Waals surface area contributed by atoms with E-state index in [-0.39, 0.29) is 5.91 Å². The van der Waals surface area contributed by atoms with Crippen LogP contribution in [0.4, 0.5) is 0 Å². The van der Waals surface area contributed by atoms with Crippen LogP contribution in [-0.4, -0.2) is 46.7 Å². The molecule has 21 heavy (non-hydrogen) atoms. The smallest absolute Gasteiger partial charge is 0.271 e. The predicted octanol–water partition coefficient (Wildman–Crippen LogP) is 2.14. The van der Waals surface area contributed by atoms with Gasteiger partial charge in [-0.1, -0.05) is 6.92 Å². The second-order valence-electron chi connectivity index (χ2n) is 6.78.